The predicted molar refractivity (Wildman–Crippen MR) is 150 cm³/mol. The Hall–Kier alpha value is -2.42. The van der Waals surface area contributed by atoms with Crippen LogP contribution in [0, 0.1) is 0 Å². The van der Waals surface area contributed by atoms with Gasteiger partial charge in [-0.15, -0.1) is 34.2 Å². The molecule has 0 aliphatic carbocycles. The molecule has 0 unspecified atom stereocenters. The number of hydrogen-bond acceptors (Lipinski definition) is 3. The number of fused-ring (bicyclic) bond motifs is 1. The first-order valence-electron chi connectivity index (χ1n) is 12.4. The Morgan fingerprint density at radius 2 is 1.65 bits per heavy atom. The zero-order chi connectivity index (χ0) is 22.7. The first kappa shape index (κ1) is 26.2. The third-order valence-electron chi connectivity index (χ3n) is 6.26. The predicted octanol–water partition coefficient (Wildman–Crippen LogP) is 4.94. The quantitative estimate of drug-likeness (QED) is 0.217. The molecule has 0 radical (unpaired) electrons. The molecule has 182 valence electrons. The highest BCUT2D eigenvalue weighted by molar-refractivity contribution is 14.0. The minimum absolute atomic E-state index is 0. The molecule has 0 amide bonds. The number of nitrogens with zero attached hydrogens (tertiary/aromatic N) is 4. The fraction of sp³-hybridized carbons (Fsp3) is 0.444. The molecule has 0 bridgehead atoms. The van der Waals surface area contributed by atoms with Gasteiger partial charge in [0.15, 0.2) is 5.96 Å². The summed E-state index contributed by atoms with van der Waals surface area (Å²) >= 11 is 0. The Labute approximate surface area is 220 Å². The van der Waals surface area contributed by atoms with Gasteiger partial charge < -0.3 is 15.2 Å². The van der Waals surface area contributed by atoms with Crippen LogP contribution in [0.3, 0.4) is 0 Å². The Morgan fingerprint density at radius 1 is 0.941 bits per heavy atom. The largest absolute Gasteiger partial charge is 0.357 e. The summed E-state index contributed by atoms with van der Waals surface area (Å²) in [6.07, 6.45) is 6.59. The van der Waals surface area contributed by atoms with Crippen molar-refractivity contribution in [1.82, 2.24) is 25.4 Å². The van der Waals surface area contributed by atoms with Gasteiger partial charge >= 0.3 is 0 Å². The average Bonchev–Trinajstić information content (AvgIpc) is 3.08. The molecule has 0 fully saturated rings. The summed E-state index contributed by atoms with van der Waals surface area (Å²) in [6, 6.07) is 21.5. The van der Waals surface area contributed by atoms with Gasteiger partial charge in [-0.3, -0.25) is 4.99 Å². The summed E-state index contributed by atoms with van der Waals surface area (Å²) in [7, 11) is 0. The van der Waals surface area contributed by atoms with E-state index in [4.69, 9.17) is 4.99 Å². The van der Waals surface area contributed by atoms with E-state index in [1.54, 1.807) is 0 Å². The molecular formula is C27H37IN6. The van der Waals surface area contributed by atoms with Crippen LogP contribution in [0.4, 0.5) is 0 Å². The first-order valence-corrected chi connectivity index (χ1v) is 12.4. The maximum absolute atomic E-state index is 4.88. The smallest absolute Gasteiger partial charge is 0.191 e. The van der Waals surface area contributed by atoms with Crippen molar-refractivity contribution in [3.63, 3.8) is 0 Å². The summed E-state index contributed by atoms with van der Waals surface area (Å²) in [6.45, 7) is 5.54. The van der Waals surface area contributed by atoms with Gasteiger partial charge in [0, 0.05) is 44.9 Å². The lowest BCUT2D eigenvalue weighted by atomic mass is 9.89. The molecular weight excluding hydrogens is 535 g/mol. The minimum Gasteiger partial charge on any atom is -0.357 e. The van der Waals surface area contributed by atoms with Crippen molar-refractivity contribution in [1.29, 1.82) is 0 Å². The van der Waals surface area contributed by atoms with E-state index >= 15 is 0 Å². The molecule has 2 aromatic carbocycles. The molecule has 0 atom stereocenters. The highest BCUT2D eigenvalue weighted by Gasteiger charge is 2.15. The van der Waals surface area contributed by atoms with Crippen LogP contribution in [0.5, 0.6) is 0 Å². The minimum atomic E-state index is 0. The van der Waals surface area contributed by atoms with Crippen LogP contribution in [-0.4, -0.2) is 40.4 Å². The first-order chi connectivity index (χ1) is 16.3. The van der Waals surface area contributed by atoms with Crippen molar-refractivity contribution in [3.05, 3.63) is 83.4 Å². The van der Waals surface area contributed by atoms with Crippen LogP contribution < -0.4 is 10.6 Å². The molecule has 2 heterocycles. The van der Waals surface area contributed by atoms with Gasteiger partial charge in [0.25, 0.3) is 0 Å². The molecule has 34 heavy (non-hydrogen) atoms. The van der Waals surface area contributed by atoms with E-state index in [9.17, 15) is 0 Å². The molecule has 6 nitrogen and oxygen atoms in total. The maximum Gasteiger partial charge on any atom is 0.191 e. The standard InChI is InChI=1S/C27H36N6.HI/c1-2-28-27(30-20-18-26-32-31-25-16-10-5-11-21-33(25)26)29-19-17-24(22-12-6-3-7-13-22)23-14-8-4-9-15-23;/h3-4,6-9,12-15,24H,2,5,10-11,16-21H2,1H3,(H2,28,29,30);1H. The number of nitrogens with one attached hydrogen (secondary N) is 2. The molecule has 4 rings (SSSR count). The normalized spacial score (nSPS) is 13.6. The molecule has 1 aliphatic heterocycles. The summed E-state index contributed by atoms with van der Waals surface area (Å²) in [5.41, 5.74) is 2.67. The SMILES string of the molecule is CCNC(=NCCC(c1ccccc1)c1ccccc1)NCCc1nnc2n1CCCCC2.I. The topological polar surface area (TPSA) is 67.1 Å². The number of hydrogen-bond donors (Lipinski definition) is 2. The molecule has 2 N–H and O–H groups in total. The van der Waals surface area contributed by atoms with Crippen LogP contribution in [0.25, 0.3) is 0 Å². The van der Waals surface area contributed by atoms with Crippen molar-refractivity contribution in [3.8, 4) is 0 Å². The van der Waals surface area contributed by atoms with E-state index in [0.717, 1.165) is 63.0 Å². The highest BCUT2D eigenvalue weighted by atomic mass is 127. The van der Waals surface area contributed by atoms with Crippen molar-refractivity contribution in [2.75, 3.05) is 19.6 Å². The molecule has 3 aromatic rings. The molecule has 0 spiro atoms. The van der Waals surface area contributed by atoms with E-state index < -0.39 is 0 Å². The lowest BCUT2D eigenvalue weighted by molar-refractivity contribution is 0.600. The van der Waals surface area contributed by atoms with Crippen LogP contribution in [-0.2, 0) is 19.4 Å². The second kappa shape index (κ2) is 14.1. The number of rotatable bonds is 9. The van der Waals surface area contributed by atoms with Crippen LogP contribution in [0.1, 0.15) is 61.3 Å². The van der Waals surface area contributed by atoms with Gasteiger partial charge in [0.2, 0.25) is 0 Å². The van der Waals surface area contributed by atoms with Gasteiger partial charge in [-0.1, -0.05) is 67.1 Å². The zero-order valence-corrected chi connectivity index (χ0v) is 22.4. The molecule has 1 aromatic heterocycles. The van der Waals surface area contributed by atoms with E-state index in [-0.39, 0.29) is 24.0 Å². The van der Waals surface area contributed by atoms with E-state index in [1.807, 2.05) is 0 Å². The maximum atomic E-state index is 4.88. The number of aliphatic imine (C=N–C) groups is 1. The molecule has 1 aliphatic rings. The fourth-order valence-corrected chi connectivity index (χ4v) is 4.57. The van der Waals surface area contributed by atoms with E-state index in [0.29, 0.717) is 5.92 Å². The lowest BCUT2D eigenvalue weighted by Gasteiger charge is -2.18. The molecule has 0 saturated carbocycles. The highest BCUT2D eigenvalue weighted by Crippen LogP contribution is 2.27. The summed E-state index contributed by atoms with van der Waals surface area (Å²) in [5, 5.41) is 15.7. The average molecular weight is 573 g/mol. The fourth-order valence-electron chi connectivity index (χ4n) is 4.57. The van der Waals surface area contributed by atoms with Crippen molar-refractivity contribution < 1.29 is 0 Å². The Morgan fingerprint density at radius 3 is 2.32 bits per heavy atom. The number of halogens is 1. The zero-order valence-electron chi connectivity index (χ0n) is 20.1. The van der Waals surface area contributed by atoms with E-state index in [1.165, 1.54) is 30.4 Å². The third kappa shape index (κ3) is 7.29. The molecule has 7 heteroatoms. The second-order valence-corrected chi connectivity index (χ2v) is 8.59. The lowest BCUT2D eigenvalue weighted by Crippen LogP contribution is -2.38. The number of guanidine groups is 1. The Kier molecular flexibility index (Phi) is 10.9. The third-order valence-corrected chi connectivity index (χ3v) is 6.26. The Balaban J connectivity index is 0.00000324. The summed E-state index contributed by atoms with van der Waals surface area (Å²) in [4.78, 5) is 4.88. The van der Waals surface area contributed by atoms with Crippen LogP contribution >= 0.6 is 24.0 Å². The number of benzene rings is 2. The molecule has 0 saturated heterocycles. The second-order valence-electron chi connectivity index (χ2n) is 8.59. The summed E-state index contributed by atoms with van der Waals surface area (Å²) in [5.74, 6) is 3.44. The van der Waals surface area contributed by atoms with Crippen molar-refractivity contribution in [2.24, 2.45) is 4.99 Å². The Bertz CT molecular complexity index is 963. The van der Waals surface area contributed by atoms with Crippen molar-refractivity contribution >= 4 is 29.9 Å². The van der Waals surface area contributed by atoms with E-state index in [2.05, 4.69) is 93.0 Å². The van der Waals surface area contributed by atoms with Crippen LogP contribution in [0.15, 0.2) is 65.7 Å². The number of aryl methyl sites for hydroxylation is 1. The van der Waals surface area contributed by atoms with Crippen LogP contribution in [0.2, 0.25) is 0 Å². The van der Waals surface area contributed by atoms with Gasteiger partial charge in [-0.05, 0) is 37.3 Å². The monoisotopic (exact) mass is 572 g/mol. The van der Waals surface area contributed by atoms with Gasteiger partial charge in [0.1, 0.15) is 11.6 Å². The van der Waals surface area contributed by atoms with Gasteiger partial charge in [0.05, 0.1) is 0 Å². The summed E-state index contributed by atoms with van der Waals surface area (Å²) < 4.78 is 2.32. The van der Waals surface area contributed by atoms with Gasteiger partial charge in [-0.2, -0.15) is 0 Å². The van der Waals surface area contributed by atoms with Gasteiger partial charge in [-0.25, -0.2) is 0 Å². The number of aromatic nitrogens is 3. The van der Waals surface area contributed by atoms with Crippen molar-refractivity contribution in [2.45, 2.75) is 57.9 Å².